The molecule has 0 radical (unpaired) electrons. The van der Waals surface area contributed by atoms with E-state index in [9.17, 15) is 5.11 Å². The van der Waals surface area contributed by atoms with E-state index in [1.54, 1.807) is 18.4 Å². The quantitative estimate of drug-likeness (QED) is 0.462. The van der Waals surface area contributed by atoms with Gasteiger partial charge in [0.25, 0.3) is 0 Å². The lowest BCUT2D eigenvalue weighted by atomic mass is 10.1. The Balaban J connectivity index is 1.95. The first kappa shape index (κ1) is 20.8. The Morgan fingerprint density at radius 2 is 1.93 bits per heavy atom. The minimum absolute atomic E-state index is 0.0581. The number of rotatable bonds is 9. The second kappa shape index (κ2) is 10.6. The Bertz CT molecular complexity index is 681. The lowest BCUT2D eigenvalue weighted by Crippen LogP contribution is -2.39. The maximum Gasteiger partial charge on any atom is 0.191 e. The number of nitrogens with zero attached hydrogens (tertiary/aromatic N) is 1. The molecule has 1 aromatic heterocycles. The number of guanidine groups is 1. The highest BCUT2D eigenvalue weighted by Gasteiger charge is 2.12. The van der Waals surface area contributed by atoms with Crippen molar-refractivity contribution in [3.8, 4) is 5.75 Å². The van der Waals surface area contributed by atoms with Crippen molar-refractivity contribution in [3.05, 3.63) is 54.0 Å². The van der Waals surface area contributed by atoms with Gasteiger partial charge in [0.2, 0.25) is 0 Å². The molecular formula is C21H31N3O3. The number of nitrogens with one attached hydrogen (secondary N) is 2. The fourth-order valence-corrected chi connectivity index (χ4v) is 2.47. The van der Waals surface area contributed by atoms with Crippen molar-refractivity contribution in [1.82, 2.24) is 10.6 Å². The molecule has 1 heterocycles. The molecule has 148 valence electrons. The first-order valence-electron chi connectivity index (χ1n) is 9.48. The topological polar surface area (TPSA) is 79.0 Å². The normalized spacial score (nSPS) is 14.1. The smallest absolute Gasteiger partial charge is 0.191 e. The zero-order valence-corrected chi connectivity index (χ0v) is 16.6. The van der Waals surface area contributed by atoms with Crippen molar-refractivity contribution in [3.63, 3.8) is 0 Å². The predicted molar refractivity (Wildman–Crippen MR) is 108 cm³/mol. The van der Waals surface area contributed by atoms with Crippen LogP contribution in [0.1, 0.15) is 51.2 Å². The zero-order valence-electron chi connectivity index (χ0n) is 16.6. The standard InChI is InChI=1S/C21H31N3O3/c1-5-22-21(23-13-19(25)20-7-6-12-26-20)24-16(4)17-8-10-18(11-9-17)27-14-15(2)3/h6-12,15-16,19,25H,5,13-14H2,1-4H3,(H2,22,23,24). The van der Waals surface area contributed by atoms with Crippen molar-refractivity contribution in [2.75, 3.05) is 19.7 Å². The van der Waals surface area contributed by atoms with Crippen LogP contribution in [0.4, 0.5) is 0 Å². The van der Waals surface area contributed by atoms with E-state index < -0.39 is 6.10 Å². The van der Waals surface area contributed by atoms with Gasteiger partial charge in [-0.3, -0.25) is 4.99 Å². The molecule has 0 saturated heterocycles. The molecule has 2 rings (SSSR count). The van der Waals surface area contributed by atoms with Crippen molar-refractivity contribution in [1.29, 1.82) is 0 Å². The van der Waals surface area contributed by atoms with Crippen LogP contribution in [0.15, 0.2) is 52.1 Å². The molecule has 2 unspecified atom stereocenters. The molecule has 2 aromatic rings. The third-order valence-corrected chi connectivity index (χ3v) is 3.95. The average molecular weight is 373 g/mol. The summed E-state index contributed by atoms with van der Waals surface area (Å²) in [5.74, 6) is 2.54. The van der Waals surface area contributed by atoms with Gasteiger partial charge in [0, 0.05) is 6.54 Å². The maximum absolute atomic E-state index is 10.1. The highest BCUT2D eigenvalue weighted by molar-refractivity contribution is 5.80. The van der Waals surface area contributed by atoms with Gasteiger partial charge in [0.15, 0.2) is 5.96 Å². The van der Waals surface area contributed by atoms with E-state index in [2.05, 4.69) is 48.5 Å². The van der Waals surface area contributed by atoms with Gasteiger partial charge in [-0.15, -0.1) is 0 Å². The van der Waals surface area contributed by atoms with Crippen molar-refractivity contribution < 1.29 is 14.3 Å². The summed E-state index contributed by atoms with van der Waals surface area (Å²) in [4.78, 5) is 4.46. The van der Waals surface area contributed by atoms with Gasteiger partial charge < -0.3 is 24.9 Å². The lowest BCUT2D eigenvalue weighted by Gasteiger charge is -2.19. The molecule has 6 nitrogen and oxygen atoms in total. The molecule has 0 spiro atoms. The van der Waals surface area contributed by atoms with Gasteiger partial charge >= 0.3 is 0 Å². The van der Waals surface area contributed by atoms with Gasteiger partial charge in [0.05, 0.1) is 25.5 Å². The predicted octanol–water partition coefficient (Wildman–Crippen LogP) is 3.66. The van der Waals surface area contributed by atoms with E-state index in [4.69, 9.17) is 9.15 Å². The highest BCUT2D eigenvalue weighted by Crippen LogP contribution is 2.18. The molecule has 6 heteroatoms. The van der Waals surface area contributed by atoms with Crippen LogP contribution >= 0.6 is 0 Å². The Morgan fingerprint density at radius 1 is 1.19 bits per heavy atom. The van der Waals surface area contributed by atoms with E-state index in [-0.39, 0.29) is 12.6 Å². The third-order valence-electron chi connectivity index (χ3n) is 3.95. The van der Waals surface area contributed by atoms with E-state index in [0.29, 0.717) is 24.2 Å². The van der Waals surface area contributed by atoms with Gasteiger partial charge in [-0.2, -0.15) is 0 Å². The fourth-order valence-electron chi connectivity index (χ4n) is 2.47. The molecule has 0 saturated carbocycles. The molecular weight excluding hydrogens is 342 g/mol. The number of aliphatic hydroxyl groups excluding tert-OH is 1. The van der Waals surface area contributed by atoms with Crippen molar-refractivity contribution in [2.24, 2.45) is 10.9 Å². The summed E-state index contributed by atoms with van der Waals surface area (Å²) in [6.45, 7) is 10.00. The van der Waals surface area contributed by atoms with Crippen LogP contribution < -0.4 is 15.4 Å². The van der Waals surface area contributed by atoms with Crippen LogP contribution in [0.3, 0.4) is 0 Å². The van der Waals surface area contributed by atoms with Gasteiger partial charge in [-0.1, -0.05) is 26.0 Å². The minimum atomic E-state index is -0.761. The summed E-state index contributed by atoms with van der Waals surface area (Å²) in [5, 5.41) is 16.7. The van der Waals surface area contributed by atoms with Gasteiger partial charge in [-0.25, -0.2) is 0 Å². The third kappa shape index (κ3) is 6.98. The molecule has 0 aliphatic rings. The minimum Gasteiger partial charge on any atom is -0.493 e. The zero-order chi connectivity index (χ0) is 19.6. The molecule has 0 aliphatic carbocycles. The van der Waals surface area contributed by atoms with E-state index in [0.717, 1.165) is 17.9 Å². The number of furan rings is 1. The van der Waals surface area contributed by atoms with Crippen molar-refractivity contribution in [2.45, 2.75) is 39.8 Å². The van der Waals surface area contributed by atoms with Gasteiger partial charge in [-0.05, 0) is 49.6 Å². The summed E-state index contributed by atoms with van der Waals surface area (Å²) >= 11 is 0. The van der Waals surface area contributed by atoms with Crippen LogP contribution in [0.5, 0.6) is 5.75 Å². The summed E-state index contributed by atoms with van der Waals surface area (Å²) in [6, 6.07) is 11.6. The van der Waals surface area contributed by atoms with E-state index in [1.165, 1.54) is 0 Å². The lowest BCUT2D eigenvalue weighted by molar-refractivity contribution is 0.158. The van der Waals surface area contributed by atoms with Crippen LogP contribution in [0, 0.1) is 5.92 Å². The summed E-state index contributed by atoms with van der Waals surface area (Å²) < 4.78 is 10.9. The fraction of sp³-hybridized carbons (Fsp3) is 0.476. The summed E-state index contributed by atoms with van der Waals surface area (Å²) in [7, 11) is 0. The second-order valence-corrected chi connectivity index (χ2v) is 6.89. The summed E-state index contributed by atoms with van der Waals surface area (Å²) in [6.07, 6.45) is 0.783. The Labute approximate surface area is 161 Å². The van der Waals surface area contributed by atoms with E-state index >= 15 is 0 Å². The number of hydrogen-bond acceptors (Lipinski definition) is 4. The van der Waals surface area contributed by atoms with E-state index in [1.807, 2.05) is 19.1 Å². The molecule has 2 atom stereocenters. The number of ether oxygens (including phenoxy) is 1. The Morgan fingerprint density at radius 3 is 2.52 bits per heavy atom. The van der Waals surface area contributed by atoms with Crippen LogP contribution in [-0.4, -0.2) is 30.8 Å². The molecule has 0 bridgehead atoms. The SMILES string of the molecule is CCNC(=NCC(O)c1ccco1)NC(C)c1ccc(OCC(C)C)cc1. The molecule has 0 aliphatic heterocycles. The molecule has 27 heavy (non-hydrogen) atoms. The first-order chi connectivity index (χ1) is 13.0. The Kier molecular flexibility index (Phi) is 8.20. The monoisotopic (exact) mass is 373 g/mol. The van der Waals surface area contributed by atoms with Crippen molar-refractivity contribution >= 4 is 5.96 Å². The second-order valence-electron chi connectivity index (χ2n) is 6.89. The first-order valence-corrected chi connectivity index (χ1v) is 9.48. The number of hydrogen-bond donors (Lipinski definition) is 3. The van der Waals surface area contributed by atoms with Gasteiger partial charge in [0.1, 0.15) is 17.6 Å². The maximum atomic E-state index is 10.1. The number of benzene rings is 1. The average Bonchev–Trinajstić information content (AvgIpc) is 3.19. The largest absolute Gasteiger partial charge is 0.493 e. The van der Waals surface area contributed by atoms with Crippen LogP contribution in [-0.2, 0) is 0 Å². The molecule has 0 amide bonds. The molecule has 0 fully saturated rings. The Hall–Kier alpha value is -2.47. The molecule has 1 aromatic carbocycles. The molecule has 3 N–H and O–H groups in total. The highest BCUT2D eigenvalue weighted by atomic mass is 16.5. The van der Waals surface area contributed by atoms with Crippen LogP contribution in [0.25, 0.3) is 0 Å². The number of aliphatic imine (C=N–C) groups is 1. The number of aliphatic hydroxyl groups is 1. The van der Waals surface area contributed by atoms with Crippen LogP contribution in [0.2, 0.25) is 0 Å². The summed E-state index contributed by atoms with van der Waals surface area (Å²) in [5.41, 5.74) is 1.13.